The molecular formula is C52H42CaCl2N6O12S2. The summed E-state index contributed by atoms with van der Waals surface area (Å²) in [5, 5.41) is 48.2. The summed E-state index contributed by atoms with van der Waals surface area (Å²) in [6, 6.07) is 35.0. The predicted octanol–water partition coefficient (Wildman–Crippen LogP) is 12.0. The number of ether oxygens (including phenoxy) is 2. The first-order valence-electron chi connectivity index (χ1n) is 22.0. The van der Waals surface area contributed by atoms with E-state index in [0.717, 1.165) is 12.1 Å². The SMILES string of the molecule is CCc1c(Cl)cc(N=Nc2c(O)c(C(=O)Nc3ccc(OC)cc3)cc3ccccc23)cc1S(=O)(=O)O.CCc1c(Cl)cc(N=Nc2c([O-])c(C(=O)Nc3ccc(OC)cc3)cc3ccccc23)cc1S(=O)(=O)[O-].[Ca+2]. The molecule has 380 valence electrons. The van der Waals surface area contributed by atoms with Gasteiger partial charge in [-0.15, -0.1) is 5.11 Å². The molecule has 0 unspecified atom stereocenters. The number of carbonyl (C=O) groups excluding carboxylic acids is 2. The largest absolute Gasteiger partial charge is 2.00 e. The number of phenolic OH excluding ortho intramolecular Hbond substituents is 1. The number of aromatic hydroxyl groups is 1. The number of halogens is 2. The van der Waals surface area contributed by atoms with E-state index >= 15 is 0 Å². The third kappa shape index (κ3) is 13.6. The second-order valence-corrected chi connectivity index (χ2v) is 19.4. The van der Waals surface area contributed by atoms with Crippen LogP contribution >= 0.6 is 23.2 Å². The molecule has 75 heavy (non-hydrogen) atoms. The number of nitrogens with zero attached hydrogens (tertiary/aromatic N) is 4. The fourth-order valence-corrected chi connectivity index (χ4v) is 10.0. The zero-order valence-electron chi connectivity index (χ0n) is 40.2. The van der Waals surface area contributed by atoms with Crippen LogP contribution in [0.4, 0.5) is 34.1 Å². The van der Waals surface area contributed by atoms with Gasteiger partial charge in [0, 0.05) is 37.8 Å². The smallest absolute Gasteiger partial charge is 0.870 e. The number of hydrogen-bond acceptors (Lipinski definition) is 15. The van der Waals surface area contributed by atoms with Crippen molar-refractivity contribution in [3.63, 3.8) is 0 Å². The van der Waals surface area contributed by atoms with Gasteiger partial charge in [-0.2, -0.15) is 23.8 Å². The van der Waals surface area contributed by atoms with Crippen molar-refractivity contribution in [2.75, 3.05) is 24.9 Å². The molecule has 2 amide bonds. The van der Waals surface area contributed by atoms with E-state index in [2.05, 4.69) is 31.1 Å². The number of carbonyl (C=O) groups is 2. The number of rotatable bonds is 14. The monoisotopic (exact) mass is 1120 g/mol. The van der Waals surface area contributed by atoms with Crippen LogP contribution in [0, 0.1) is 0 Å². The Morgan fingerprint density at radius 1 is 0.600 bits per heavy atom. The maximum atomic E-state index is 13.3. The zero-order chi connectivity index (χ0) is 53.5. The maximum Gasteiger partial charge on any atom is 2.00 e. The topological polar surface area (TPSA) is 281 Å². The molecule has 8 rings (SSSR count). The van der Waals surface area contributed by atoms with Gasteiger partial charge in [-0.05, 0) is 120 Å². The summed E-state index contributed by atoms with van der Waals surface area (Å²) in [5.41, 5.74) is 1.04. The standard InChI is InChI=1S/2C26H22ClN3O6S.Ca/c2*1-3-19-22(27)13-17(14-23(19)37(33,34)35)29-30-24-20-7-5-4-6-15(20)12-21(25(24)31)26(32)28-16-8-10-18(36-2)11-9-16;/h2*4-14,31H,3H2,1-2H3,(H,28,32)(H,33,34,35);/q;;+2/p-2. The summed E-state index contributed by atoms with van der Waals surface area (Å²) < 4.78 is 78.8. The van der Waals surface area contributed by atoms with Crippen molar-refractivity contribution in [3.05, 3.63) is 166 Å². The number of nitrogens with one attached hydrogen (secondary N) is 2. The summed E-state index contributed by atoms with van der Waals surface area (Å²) in [7, 11) is -6.34. The summed E-state index contributed by atoms with van der Waals surface area (Å²) in [5.74, 6) is -1.09. The summed E-state index contributed by atoms with van der Waals surface area (Å²) in [6.45, 7) is 3.36. The van der Waals surface area contributed by atoms with Crippen LogP contribution < -0.4 is 25.2 Å². The Balaban J connectivity index is 0.000000241. The van der Waals surface area contributed by atoms with E-state index in [0.29, 0.717) is 44.4 Å². The van der Waals surface area contributed by atoms with E-state index < -0.39 is 48.4 Å². The number of amides is 2. The molecule has 0 aliphatic heterocycles. The molecule has 18 nitrogen and oxygen atoms in total. The van der Waals surface area contributed by atoms with E-state index in [1.54, 1.807) is 111 Å². The summed E-state index contributed by atoms with van der Waals surface area (Å²) >= 11 is 12.4. The number of phenols is 1. The van der Waals surface area contributed by atoms with Gasteiger partial charge in [-0.25, -0.2) is 8.42 Å². The number of hydrogen-bond donors (Lipinski definition) is 4. The van der Waals surface area contributed by atoms with Crippen LogP contribution in [-0.4, -0.2) is 94.8 Å². The molecule has 23 heteroatoms. The number of benzene rings is 8. The molecule has 0 heterocycles. The molecule has 0 bridgehead atoms. The second kappa shape index (κ2) is 24.7. The molecule has 0 aliphatic carbocycles. The number of azo groups is 2. The molecule has 0 atom stereocenters. The molecule has 0 aromatic heterocycles. The van der Waals surface area contributed by atoms with E-state index in [4.69, 9.17) is 32.7 Å². The Morgan fingerprint density at radius 2 is 1.01 bits per heavy atom. The van der Waals surface area contributed by atoms with Crippen LogP contribution in [0.5, 0.6) is 23.0 Å². The molecule has 8 aromatic rings. The minimum Gasteiger partial charge on any atom is -0.870 e. The molecule has 8 aromatic carbocycles. The summed E-state index contributed by atoms with van der Waals surface area (Å²) in [6.07, 6.45) is 0.482. The van der Waals surface area contributed by atoms with E-state index in [1.807, 2.05) is 0 Å². The van der Waals surface area contributed by atoms with E-state index in [1.165, 1.54) is 38.5 Å². The van der Waals surface area contributed by atoms with Crippen molar-refractivity contribution in [1.82, 2.24) is 0 Å². The van der Waals surface area contributed by atoms with Crippen LogP contribution in [0.15, 0.2) is 164 Å². The molecule has 0 saturated carbocycles. The van der Waals surface area contributed by atoms with Crippen molar-refractivity contribution < 1.29 is 55.2 Å². The van der Waals surface area contributed by atoms with Crippen molar-refractivity contribution in [1.29, 1.82) is 0 Å². The van der Waals surface area contributed by atoms with Crippen LogP contribution in [-0.2, 0) is 33.1 Å². The maximum absolute atomic E-state index is 13.3. The number of anilines is 2. The first-order chi connectivity index (χ1) is 35.2. The van der Waals surface area contributed by atoms with Gasteiger partial charge in [0.1, 0.15) is 32.2 Å². The Morgan fingerprint density at radius 3 is 1.47 bits per heavy atom. The molecule has 4 N–H and O–H groups in total. The Bertz CT molecular complexity index is 3530. The van der Waals surface area contributed by atoms with Gasteiger partial charge in [0.25, 0.3) is 21.9 Å². The molecule has 0 saturated heterocycles. The van der Waals surface area contributed by atoms with Gasteiger partial charge in [0.2, 0.25) is 0 Å². The minimum atomic E-state index is -4.83. The van der Waals surface area contributed by atoms with Gasteiger partial charge in [-0.3, -0.25) is 14.1 Å². The Kier molecular flexibility index (Phi) is 19.0. The van der Waals surface area contributed by atoms with Crippen molar-refractivity contribution >= 4 is 149 Å². The quantitative estimate of drug-likeness (QED) is 0.0449. The number of methoxy groups -OCH3 is 2. The van der Waals surface area contributed by atoms with E-state index in [9.17, 15) is 45.7 Å². The van der Waals surface area contributed by atoms with Crippen LogP contribution in [0.3, 0.4) is 0 Å². The normalized spacial score (nSPS) is 11.5. The number of fused-ring (bicyclic) bond motifs is 2. The van der Waals surface area contributed by atoms with Gasteiger partial charge in [0.15, 0.2) is 5.75 Å². The third-order valence-electron chi connectivity index (χ3n) is 11.2. The summed E-state index contributed by atoms with van der Waals surface area (Å²) in [4.78, 5) is 25.2. The average Bonchev–Trinajstić information content (AvgIpc) is 3.37. The molecule has 0 spiro atoms. The molecular weight excluding hydrogens is 1080 g/mol. The molecule has 0 radical (unpaired) electrons. The Hall–Kier alpha value is -6.72. The van der Waals surface area contributed by atoms with Crippen molar-refractivity contribution in [3.8, 4) is 23.0 Å². The van der Waals surface area contributed by atoms with Gasteiger partial charge < -0.3 is 34.9 Å². The van der Waals surface area contributed by atoms with Crippen LogP contribution in [0.1, 0.15) is 45.7 Å². The van der Waals surface area contributed by atoms with E-state index in [-0.39, 0.29) is 111 Å². The predicted molar refractivity (Wildman–Crippen MR) is 284 cm³/mol. The van der Waals surface area contributed by atoms with Crippen molar-refractivity contribution in [2.24, 2.45) is 20.5 Å². The average molecular weight is 1120 g/mol. The first-order valence-corrected chi connectivity index (χ1v) is 25.6. The van der Waals surface area contributed by atoms with Gasteiger partial charge >= 0.3 is 37.7 Å². The Labute approximate surface area is 470 Å². The minimum absolute atomic E-state index is 0. The van der Waals surface area contributed by atoms with Crippen LogP contribution in [0.25, 0.3) is 21.5 Å². The second-order valence-electron chi connectivity index (χ2n) is 15.9. The fraction of sp³-hybridized carbons (Fsp3) is 0.115. The first kappa shape index (κ1) is 57.6. The zero-order valence-corrected chi connectivity index (χ0v) is 45.5. The molecule has 0 fully saturated rings. The fourth-order valence-electron chi connectivity index (χ4n) is 7.58. The van der Waals surface area contributed by atoms with Crippen LogP contribution in [0.2, 0.25) is 10.0 Å². The van der Waals surface area contributed by atoms with Crippen molar-refractivity contribution in [2.45, 2.75) is 36.5 Å². The van der Waals surface area contributed by atoms with Gasteiger partial charge in [-0.1, -0.05) is 91.3 Å². The van der Waals surface area contributed by atoms with Gasteiger partial charge in [0.05, 0.1) is 41.7 Å². The molecule has 0 aliphatic rings. The third-order valence-corrected chi connectivity index (χ3v) is 13.7.